The normalized spacial score (nSPS) is 34.7. The van der Waals surface area contributed by atoms with Crippen molar-refractivity contribution in [2.75, 3.05) is 13.2 Å². The van der Waals surface area contributed by atoms with Crippen LogP contribution in [0, 0.1) is 123 Å². The summed E-state index contributed by atoms with van der Waals surface area (Å²) in [5.74, 6) is -2.68. The number of hydrogen-bond acceptors (Lipinski definition) is 13. The molecule has 2 radical (unpaired) electrons. The first kappa shape index (κ1) is 47.4. The molecule has 290 valence electrons. The van der Waals surface area contributed by atoms with Crippen molar-refractivity contribution in [2.24, 2.45) is 22.7 Å². The van der Waals surface area contributed by atoms with Crippen LogP contribution in [0.3, 0.4) is 0 Å². The first-order chi connectivity index (χ1) is 24.3. The molecule has 3 aliphatic carbocycles. The molecule has 54 heavy (non-hydrogen) atoms. The zero-order chi connectivity index (χ0) is 38.6. The predicted octanol–water partition coefficient (Wildman–Crippen LogP) is 1.20. The van der Waals surface area contributed by atoms with Crippen molar-refractivity contribution in [2.45, 2.75) is 115 Å². The minimum Gasteiger partial charge on any atom is -0.456 e. The standard InChI is InChI=1S/C38H49NO13.2Ac/c1-8-9-15-49-34(46)39-26(19(2)3)28(42)33(45)51-22-17-38(48)31(52-32(44)21-13-11-10-12-14-21)29-36(7,23(40)16-24-37(29,47)18-50-24)30(43)27(41)25(20(22)4)35(38,5)6;;/h1,10-14,19,22-24,26-29,31,40-42,47-48H,9,15-18H2,2-7H3,(H,39,46);;/t22?,23?,24?,26?,27?,28?,29?,31?,36-,37+,38?;;/m1../s1. The van der Waals surface area contributed by atoms with Gasteiger partial charge in [-0.15, -0.1) is 12.3 Å². The molecule has 4 aliphatic rings. The number of amides is 1. The summed E-state index contributed by atoms with van der Waals surface area (Å²) >= 11 is 0. The number of fused-ring (bicyclic) bond motifs is 5. The zero-order valence-electron chi connectivity index (χ0n) is 31.4. The Morgan fingerprint density at radius 1 is 1.07 bits per heavy atom. The Kier molecular flexibility index (Phi) is 15.7. The van der Waals surface area contributed by atoms with Crippen LogP contribution in [0.1, 0.15) is 71.2 Å². The quantitative estimate of drug-likeness (QED) is 0.0675. The molecule has 2 bridgehead atoms. The van der Waals surface area contributed by atoms with Crippen molar-refractivity contribution in [3.8, 4) is 12.3 Å². The number of aliphatic hydroxyl groups excluding tert-OH is 3. The third-order valence-corrected chi connectivity index (χ3v) is 11.9. The predicted molar refractivity (Wildman–Crippen MR) is 182 cm³/mol. The van der Waals surface area contributed by atoms with E-state index in [1.54, 1.807) is 45.9 Å². The maximum absolute atomic E-state index is 14.6. The summed E-state index contributed by atoms with van der Waals surface area (Å²) < 4.78 is 22.6. The van der Waals surface area contributed by atoms with Crippen molar-refractivity contribution < 1.29 is 152 Å². The van der Waals surface area contributed by atoms with Crippen molar-refractivity contribution in [3.05, 3.63) is 47.0 Å². The number of terminal acetylenes is 1. The third kappa shape index (κ3) is 8.05. The van der Waals surface area contributed by atoms with E-state index in [1.165, 1.54) is 26.0 Å². The number of aliphatic hydroxyl groups is 5. The Hall–Kier alpha value is -0.957. The van der Waals surface area contributed by atoms with Crippen LogP contribution in [0.2, 0.25) is 0 Å². The van der Waals surface area contributed by atoms with Gasteiger partial charge in [-0.3, -0.25) is 4.79 Å². The van der Waals surface area contributed by atoms with Crippen LogP contribution >= 0.6 is 0 Å². The molecule has 9 unspecified atom stereocenters. The second kappa shape index (κ2) is 17.9. The molecule has 3 fully saturated rings. The molecule has 2 saturated carbocycles. The number of ether oxygens (including phenoxy) is 4. The minimum absolute atomic E-state index is 0. The largest absolute Gasteiger partial charge is 0.456 e. The Morgan fingerprint density at radius 2 is 1.70 bits per heavy atom. The number of alkyl carbamates (subject to hydrolysis) is 1. The number of nitrogens with one attached hydrogen (secondary N) is 1. The number of Topliss-reactive ketones (excluding diaryl/α,β-unsaturated/α-hetero) is 1. The molecule has 6 N–H and O–H groups in total. The van der Waals surface area contributed by atoms with Crippen LogP contribution in [-0.4, -0.2) is 116 Å². The van der Waals surface area contributed by atoms with Crippen molar-refractivity contribution in [3.63, 3.8) is 0 Å². The molecule has 5 rings (SSSR count). The third-order valence-electron chi connectivity index (χ3n) is 11.9. The molecule has 0 spiro atoms. The van der Waals surface area contributed by atoms with Crippen LogP contribution in [0.4, 0.5) is 4.79 Å². The summed E-state index contributed by atoms with van der Waals surface area (Å²) in [7, 11) is 0. The molecular formula is C38H49Ac2NO13. The molecule has 14 nitrogen and oxygen atoms in total. The molecule has 1 aliphatic heterocycles. The maximum atomic E-state index is 14.6. The van der Waals surface area contributed by atoms with Gasteiger partial charge in [0.05, 0.1) is 35.8 Å². The molecule has 16 heteroatoms. The first-order valence-electron chi connectivity index (χ1n) is 17.5. The molecule has 1 heterocycles. The maximum Gasteiger partial charge on any atom is 0.407 e. The summed E-state index contributed by atoms with van der Waals surface area (Å²) in [6.45, 7) is 8.86. The number of carbonyl (C=O) groups excluding carboxylic acids is 4. The van der Waals surface area contributed by atoms with E-state index in [4.69, 9.17) is 25.4 Å². The van der Waals surface area contributed by atoms with Crippen LogP contribution in [0.15, 0.2) is 41.5 Å². The van der Waals surface area contributed by atoms with E-state index in [0.717, 1.165) is 0 Å². The van der Waals surface area contributed by atoms with Gasteiger partial charge in [-0.05, 0) is 43.0 Å². The van der Waals surface area contributed by atoms with Gasteiger partial charge in [0.1, 0.15) is 36.1 Å². The topological polar surface area (TPSA) is 218 Å². The second-order valence-corrected chi connectivity index (χ2v) is 15.5. The van der Waals surface area contributed by atoms with Crippen LogP contribution < -0.4 is 5.32 Å². The number of ketones is 1. The van der Waals surface area contributed by atoms with Crippen molar-refractivity contribution in [1.82, 2.24) is 5.32 Å². The van der Waals surface area contributed by atoms with Crippen LogP contribution in [0.5, 0.6) is 0 Å². The van der Waals surface area contributed by atoms with Gasteiger partial charge in [-0.2, -0.15) is 0 Å². The zero-order valence-corrected chi connectivity index (χ0v) is 40.8. The molecule has 0 aromatic heterocycles. The average molecular weight is 1180 g/mol. The van der Waals surface area contributed by atoms with Gasteiger partial charge >= 0.3 is 18.0 Å². The van der Waals surface area contributed by atoms with Gasteiger partial charge in [0.25, 0.3) is 0 Å². The minimum atomic E-state index is -2.29. The van der Waals surface area contributed by atoms with E-state index in [9.17, 15) is 44.7 Å². The van der Waals surface area contributed by atoms with Crippen molar-refractivity contribution in [1.29, 1.82) is 0 Å². The van der Waals surface area contributed by atoms with Gasteiger partial charge in [-0.25, -0.2) is 14.4 Å². The Balaban J connectivity index is 0.00000392. The Labute approximate surface area is 386 Å². The second-order valence-electron chi connectivity index (χ2n) is 15.5. The number of hydrogen-bond donors (Lipinski definition) is 6. The molecule has 1 saturated heterocycles. The summed E-state index contributed by atoms with van der Waals surface area (Å²) in [6.07, 6.45) is -5.76. The van der Waals surface area contributed by atoms with Crippen LogP contribution in [-0.2, 0) is 28.5 Å². The monoisotopic (exact) mass is 1180 g/mol. The van der Waals surface area contributed by atoms with E-state index in [1.807, 2.05) is 0 Å². The SMILES string of the molecule is C#CCCOC(=O)NC(C(C)C)C(O)C(=O)OC1CC2(O)C(OC(=O)c3ccccc3)C3[C@]4(O)COC4CC(O)[C@@]3(C)C(=O)C(O)C(=C1C)C2(C)C.[Ac].[Ac]. The number of esters is 2. The fraction of sp³-hybridized carbons (Fsp3) is 0.632. The van der Waals surface area contributed by atoms with Gasteiger partial charge in [0, 0.05) is 119 Å². The fourth-order valence-corrected chi connectivity index (χ4v) is 8.72. The van der Waals surface area contributed by atoms with E-state index in [-0.39, 0.29) is 131 Å². The summed E-state index contributed by atoms with van der Waals surface area (Å²) in [4.78, 5) is 54.5. The van der Waals surface area contributed by atoms with E-state index >= 15 is 0 Å². The van der Waals surface area contributed by atoms with E-state index in [0.29, 0.717) is 0 Å². The number of carbonyl (C=O) groups is 4. The van der Waals surface area contributed by atoms with Gasteiger partial charge in [-0.1, -0.05) is 45.9 Å². The summed E-state index contributed by atoms with van der Waals surface area (Å²) in [5.41, 5.74) is -7.49. The van der Waals surface area contributed by atoms with Crippen molar-refractivity contribution >= 4 is 23.8 Å². The first-order valence-corrected chi connectivity index (χ1v) is 17.5. The number of rotatable bonds is 9. The fourth-order valence-electron chi connectivity index (χ4n) is 8.72. The van der Waals surface area contributed by atoms with Gasteiger partial charge in [0.15, 0.2) is 11.9 Å². The Bertz CT molecular complexity index is 1660. The summed E-state index contributed by atoms with van der Waals surface area (Å²) in [6, 6.07) is 6.68. The molecule has 1 aromatic rings. The average Bonchev–Trinajstić information content (AvgIpc) is 3.09. The Morgan fingerprint density at radius 3 is 2.26 bits per heavy atom. The van der Waals surface area contributed by atoms with Gasteiger partial charge < -0.3 is 49.8 Å². The van der Waals surface area contributed by atoms with Gasteiger partial charge in [0.2, 0.25) is 0 Å². The smallest absolute Gasteiger partial charge is 0.407 e. The van der Waals surface area contributed by atoms with E-state index < -0.39 is 107 Å². The molecule has 1 aromatic carbocycles. The van der Waals surface area contributed by atoms with E-state index in [2.05, 4.69) is 11.2 Å². The molecular weight excluding hydrogens is 1130 g/mol. The molecule has 11 atom stereocenters. The van der Waals surface area contributed by atoms with Crippen LogP contribution in [0.25, 0.3) is 0 Å². The summed E-state index contributed by atoms with van der Waals surface area (Å²) in [5, 5.41) is 62.4. The number of benzene rings is 1. The molecule has 1 amide bonds.